The molecule has 96 valence electrons. The summed E-state index contributed by atoms with van der Waals surface area (Å²) in [5, 5.41) is 7.13. The molecule has 5 heteroatoms. The normalized spacial score (nSPS) is 10.9. The van der Waals surface area contributed by atoms with Crippen LogP contribution in [0.3, 0.4) is 0 Å². The second-order valence-electron chi connectivity index (χ2n) is 4.41. The molecule has 1 N–H and O–H groups in total. The third-order valence-corrected chi connectivity index (χ3v) is 2.67. The van der Waals surface area contributed by atoms with Crippen molar-refractivity contribution in [1.29, 1.82) is 0 Å². The van der Waals surface area contributed by atoms with E-state index in [1.54, 1.807) is 0 Å². The number of nitrogens with zero attached hydrogens (tertiary/aromatic N) is 2. The molecule has 0 saturated heterocycles. The summed E-state index contributed by atoms with van der Waals surface area (Å²) in [4.78, 5) is 11.5. The third-order valence-electron chi connectivity index (χ3n) is 2.67. The van der Waals surface area contributed by atoms with E-state index in [-0.39, 0.29) is 18.6 Å². The standard InChI is InChI=1S/C12H21N3O2/c1-8(2)17-7-12(16)13-6-11-9(3)14-15(5)10(11)4/h8H,6-7H2,1-5H3,(H,13,16). The van der Waals surface area contributed by atoms with Crippen molar-refractivity contribution in [2.24, 2.45) is 7.05 Å². The van der Waals surface area contributed by atoms with E-state index >= 15 is 0 Å². The zero-order chi connectivity index (χ0) is 13.0. The summed E-state index contributed by atoms with van der Waals surface area (Å²) in [6, 6.07) is 0. The van der Waals surface area contributed by atoms with Gasteiger partial charge in [-0.05, 0) is 27.7 Å². The summed E-state index contributed by atoms with van der Waals surface area (Å²) < 4.78 is 7.05. The maximum atomic E-state index is 11.5. The zero-order valence-electron chi connectivity index (χ0n) is 11.2. The Balaban J connectivity index is 2.47. The van der Waals surface area contributed by atoms with E-state index in [1.807, 2.05) is 39.4 Å². The fourth-order valence-electron chi connectivity index (χ4n) is 1.55. The van der Waals surface area contributed by atoms with Crippen molar-refractivity contribution < 1.29 is 9.53 Å². The lowest BCUT2D eigenvalue weighted by atomic mass is 10.2. The molecule has 0 fully saturated rings. The van der Waals surface area contributed by atoms with Crippen molar-refractivity contribution >= 4 is 5.91 Å². The molecule has 0 radical (unpaired) electrons. The SMILES string of the molecule is Cc1nn(C)c(C)c1CNC(=O)COC(C)C. The molecule has 0 aliphatic carbocycles. The van der Waals surface area contributed by atoms with Crippen molar-refractivity contribution in [3.8, 4) is 0 Å². The fourth-order valence-corrected chi connectivity index (χ4v) is 1.55. The lowest BCUT2D eigenvalue weighted by molar-refractivity contribution is -0.127. The molecular weight excluding hydrogens is 218 g/mol. The van der Waals surface area contributed by atoms with E-state index in [0.29, 0.717) is 6.54 Å². The maximum absolute atomic E-state index is 11.5. The van der Waals surface area contributed by atoms with Gasteiger partial charge in [-0.3, -0.25) is 9.48 Å². The average molecular weight is 239 g/mol. The van der Waals surface area contributed by atoms with Gasteiger partial charge in [-0.2, -0.15) is 5.10 Å². The minimum atomic E-state index is -0.0960. The largest absolute Gasteiger partial charge is 0.369 e. The van der Waals surface area contributed by atoms with Gasteiger partial charge in [-0.1, -0.05) is 0 Å². The number of ether oxygens (including phenoxy) is 1. The van der Waals surface area contributed by atoms with Crippen LogP contribution in [-0.4, -0.2) is 28.4 Å². The molecule has 5 nitrogen and oxygen atoms in total. The monoisotopic (exact) mass is 239 g/mol. The minimum absolute atomic E-state index is 0.0719. The second-order valence-corrected chi connectivity index (χ2v) is 4.41. The summed E-state index contributed by atoms with van der Waals surface area (Å²) in [5.74, 6) is -0.0960. The highest BCUT2D eigenvalue weighted by atomic mass is 16.5. The van der Waals surface area contributed by atoms with Gasteiger partial charge in [-0.25, -0.2) is 0 Å². The summed E-state index contributed by atoms with van der Waals surface area (Å²) >= 11 is 0. The summed E-state index contributed by atoms with van der Waals surface area (Å²) in [7, 11) is 1.90. The Kier molecular flexibility index (Phi) is 4.69. The number of carbonyl (C=O) groups excluding carboxylic acids is 1. The number of hydrogen-bond donors (Lipinski definition) is 1. The number of amides is 1. The van der Waals surface area contributed by atoms with Crippen LogP contribution in [-0.2, 0) is 23.1 Å². The molecule has 1 rings (SSSR count). The number of aryl methyl sites for hydroxylation is 2. The molecule has 0 atom stereocenters. The van der Waals surface area contributed by atoms with E-state index < -0.39 is 0 Å². The molecule has 1 aromatic rings. The van der Waals surface area contributed by atoms with Gasteiger partial charge in [0, 0.05) is 24.8 Å². The van der Waals surface area contributed by atoms with Crippen LogP contribution < -0.4 is 5.32 Å². The molecule has 0 aliphatic rings. The molecule has 17 heavy (non-hydrogen) atoms. The van der Waals surface area contributed by atoms with Crippen molar-refractivity contribution in [3.63, 3.8) is 0 Å². The molecule has 0 saturated carbocycles. The first kappa shape index (κ1) is 13.7. The van der Waals surface area contributed by atoms with Gasteiger partial charge in [0.25, 0.3) is 0 Å². The fraction of sp³-hybridized carbons (Fsp3) is 0.667. The molecule has 0 spiro atoms. The van der Waals surface area contributed by atoms with Crippen LogP contribution in [0.25, 0.3) is 0 Å². The smallest absolute Gasteiger partial charge is 0.246 e. The van der Waals surface area contributed by atoms with Crippen LogP contribution in [0.4, 0.5) is 0 Å². The zero-order valence-corrected chi connectivity index (χ0v) is 11.2. The van der Waals surface area contributed by atoms with Gasteiger partial charge in [0.2, 0.25) is 5.91 Å². The predicted molar refractivity (Wildman–Crippen MR) is 65.6 cm³/mol. The highest BCUT2D eigenvalue weighted by molar-refractivity contribution is 5.77. The molecule has 0 aromatic carbocycles. The van der Waals surface area contributed by atoms with Gasteiger partial charge >= 0.3 is 0 Å². The topological polar surface area (TPSA) is 56.2 Å². The van der Waals surface area contributed by atoms with Crippen molar-refractivity contribution in [2.45, 2.75) is 40.3 Å². The second kappa shape index (κ2) is 5.82. The van der Waals surface area contributed by atoms with Crippen molar-refractivity contribution in [1.82, 2.24) is 15.1 Å². The number of aromatic nitrogens is 2. The molecule has 0 bridgehead atoms. The molecule has 1 heterocycles. The molecule has 0 aliphatic heterocycles. The Morgan fingerprint density at radius 3 is 2.59 bits per heavy atom. The Morgan fingerprint density at radius 1 is 1.47 bits per heavy atom. The third kappa shape index (κ3) is 3.85. The van der Waals surface area contributed by atoms with E-state index in [1.165, 1.54) is 0 Å². The van der Waals surface area contributed by atoms with E-state index in [4.69, 9.17) is 4.74 Å². The average Bonchev–Trinajstić information content (AvgIpc) is 2.48. The Morgan fingerprint density at radius 2 is 2.12 bits per heavy atom. The number of nitrogens with one attached hydrogen (secondary N) is 1. The lowest BCUT2D eigenvalue weighted by Crippen LogP contribution is -2.28. The van der Waals surface area contributed by atoms with Crippen molar-refractivity contribution in [3.05, 3.63) is 17.0 Å². The summed E-state index contributed by atoms with van der Waals surface area (Å²) in [6.45, 7) is 8.36. The van der Waals surface area contributed by atoms with Crippen LogP contribution in [0.15, 0.2) is 0 Å². The van der Waals surface area contributed by atoms with Crippen LogP contribution in [0.1, 0.15) is 30.8 Å². The predicted octanol–water partition coefficient (Wildman–Crippen LogP) is 1.08. The van der Waals surface area contributed by atoms with E-state index in [0.717, 1.165) is 17.0 Å². The number of hydrogen-bond acceptors (Lipinski definition) is 3. The van der Waals surface area contributed by atoms with Crippen LogP contribution in [0, 0.1) is 13.8 Å². The molecule has 1 amide bonds. The van der Waals surface area contributed by atoms with Gasteiger partial charge in [0.05, 0.1) is 11.8 Å². The van der Waals surface area contributed by atoms with Crippen LogP contribution in [0.2, 0.25) is 0 Å². The van der Waals surface area contributed by atoms with Gasteiger partial charge in [0.15, 0.2) is 0 Å². The molecule has 1 aromatic heterocycles. The molecule has 0 unspecified atom stereocenters. The Bertz CT molecular complexity index is 397. The Labute approximate surface area is 102 Å². The first-order chi connectivity index (χ1) is 7.91. The highest BCUT2D eigenvalue weighted by Gasteiger charge is 2.10. The first-order valence-electron chi connectivity index (χ1n) is 5.79. The highest BCUT2D eigenvalue weighted by Crippen LogP contribution is 2.10. The maximum Gasteiger partial charge on any atom is 0.246 e. The van der Waals surface area contributed by atoms with Gasteiger partial charge in [0.1, 0.15) is 6.61 Å². The first-order valence-corrected chi connectivity index (χ1v) is 5.79. The number of rotatable bonds is 5. The summed E-state index contributed by atoms with van der Waals surface area (Å²) in [6.07, 6.45) is 0.0719. The quantitative estimate of drug-likeness (QED) is 0.836. The minimum Gasteiger partial charge on any atom is -0.369 e. The van der Waals surface area contributed by atoms with Crippen LogP contribution in [0.5, 0.6) is 0 Å². The van der Waals surface area contributed by atoms with E-state index in [2.05, 4.69) is 10.4 Å². The van der Waals surface area contributed by atoms with E-state index in [9.17, 15) is 4.79 Å². The Hall–Kier alpha value is -1.36. The molecular formula is C12H21N3O2. The van der Waals surface area contributed by atoms with Crippen LogP contribution >= 0.6 is 0 Å². The van der Waals surface area contributed by atoms with Crippen molar-refractivity contribution in [2.75, 3.05) is 6.61 Å². The van der Waals surface area contributed by atoms with Gasteiger partial charge < -0.3 is 10.1 Å². The summed E-state index contributed by atoms with van der Waals surface area (Å²) in [5.41, 5.74) is 3.10. The lowest BCUT2D eigenvalue weighted by Gasteiger charge is -2.08. The van der Waals surface area contributed by atoms with Gasteiger partial charge in [-0.15, -0.1) is 0 Å². The number of carbonyl (C=O) groups is 1.